The molecule has 6 heteroatoms. The Hall–Kier alpha value is -1.72. The van der Waals surface area contributed by atoms with Gasteiger partial charge < -0.3 is 0 Å². The zero-order valence-corrected chi connectivity index (χ0v) is 14.5. The highest BCUT2D eigenvalue weighted by Crippen LogP contribution is 2.58. The number of hydrogen-bond donors (Lipinski definition) is 0. The van der Waals surface area contributed by atoms with E-state index in [0.717, 1.165) is 0 Å². The number of carbonyl (C=O) groups is 4. The lowest BCUT2D eigenvalue weighted by molar-refractivity contribution is -0.150. The number of hydrogen-bond acceptors (Lipinski definition) is 4. The third kappa shape index (κ3) is 1.80. The van der Waals surface area contributed by atoms with Crippen molar-refractivity contribution in [3.8, 4) is 0 Å². The topological polar surface area (TPSA) is 74.8 Å². The first-order valence-electron chi connectivity index (χ1n) is 8.21. The summed E-state index contributed by atoms with van der Waals surface area (Å²) in [6, 6.07) is 0. The summed E-state index contributed by atoms with van der Waals surface area (Å²) in [5.41, 5.74) is -1.22. The second-order valence-electron chi connectivity index (χ2n) is 8.46. The quantitative estimate of drug-likeness (QED) is 0.716. The molecule has 1 saturated carbocycles. The van der Waals surface area contributed by atoms with Gasteiger partial charge in [0.05, 0.1) is 23.7 Å². The van der Waals surface area contributed by atoms with Gasteiger partial charge in [-0.3, -0.25) is 29.0 Å². The molecule has 0 bridgehead atoms. The van der Waals surface area contributed by atoms with E-state index in [1.165, 1.54) is 9.80 Å². The van der Waals surface area contributed by atoms with Crippen molar-refractivity contribution >= 4 is 23.6 Å². The SMILES string of the molecule is CCC(C)(C)N1C(=O)C2C3C(=O)N(C(C)(C)C)C(=O)C3C2C1=O. The van der Waals surface area contributed by atoms with Crippen molar-refractivity contribution in [1.29, 1.82) is 0 Å². The standard InChI is InChI=1S/C17H24N2O4/c1-7-17(5,6)19-14(22)10-8-9(11(10)15(19)23)13(21)18(12(8)20)16(2,3)4/h8-11H,7H2,1-6H3. The molecular weight excluding hydrogens is 296 g/mol. The van der Waals surface area contributed by atoms with Crippen LogP contribution in [0.1, 0.15) is 48.0 Å². The van der Waals surface area contributed by atoms with Crippen LogP contribution in [0, 0.1) is 23.7 Å². The van der Waals surface area contributed by atoms with E-state index in [0.29, 0.717) is 6.42 Å². The molecule has 4 amide bonds. The van der Waals surface area contributed by atoms with Gasteiger partial charge in [0, 0.05) is 11.1 Å². The zero-order valence-electron chi connectivity index (χ0n) is 14.5. The summed E-state index contributed by atoms with van der Waals surface area (Å²) < 4.78 is 0. The number of fused-ring (bicyclic) bond motifs is 4. The van der Waals surface area contributed by atoms with Crippen LogP contribution in [0.3, 0.4) is 0 Å². The minimum atomic E-state index is -0.652. The van der Waals surface area contributed by atoms with E-state index in [4.69, 9.17) is 0 Å². The summed E-state index contributed by atoms with van der Waals surface area (Å²) in [4.78, 5) is 53.4. The largest absolute Gasteiger partial charge is 0.277 e. The Morgan fingerprint density at radius 3 is 1.26 bits per heavy atom. The average molecular weight is 320 g/mol. The lowest BCUT2D eigenvalue weighted by atomic mass is 9.59. The van der Waals surface area contributed by atoms with Crippen molar-refractivity contribution < 1.29 is 19.2 Å². The minimum absolute atomic E-state index is 0.287. The van der Waals surface area contributed by atoms with Gasteiger partial charge >= 0.3 is 0 Å². The zero-order chi connectivity index (χ0) is 17.5. The molecule has 2 aliphatic heterocycles. The Balaban J connectivity index is 1.97. The number of imide groups is 2. The molecule has 0 aromatic rings. The Morgan fingerprint density at radius 1 is 0.696 bits per heavy atom. The van der Waals surface area contributed by atoms with E-state index in [2.05, 4.69) is 0 Å². The molecular formula is C17H24N2O4. The van der Waals surface area contributed by atoms with Crippen LogP contribution >= 0.6 is 0 Å². The van der Waals surface area contributed by atoms with Crippen LogP contribution in [0.4, 0.5) is 0 Å². The van der Waals surface area contributed by atoms with E-state index >= 15 is 0 Å². The third-order valence-electron chi connectivity index (χ3n) is 5.71. The van der Waals surface area contributed by atoms with Crippen LogP contribution in [0.2, 0.25) is 0 Å². The molecule has 3 aliphatic rings. The maximum Gasteiger partial charge on any atom is 0.234 e. The molecule has 23 heavy (non-hydrogen) atoms. The molecule has 0 spiro atoms. The van der Waals surface area contributed by atoms with Gasteiger partial charge in [0.15, 0.2) is 0 Å². The lowest BCUT2D eigenvalue weighted by Gasteiger charge is -2.36. The maximum absolute atomic E-state index is 12.8. The van der Waals surface area contributed by atoms with Crippen molar-refractivity contribution in [3.05, 3.63) is 0 Å². The van der Waals surface area contributed by atoms with Crippen molar-refractivity contribution in [2.45, 2.75) is 59.0 Å². The van der Waals surface area contributed by atoms with E-state index in [9.17, 15) is 19.2 Å². The van der Waals surface area contributed by atoms with E-state index < -0.39 is 34.7 Å². The van der Waals surface area contributed by atoms with Gasteiger partial charge in [-0.05, 0) is 41.0 Å². The molecule has 6 nitrogen and oxygen atoms in total. The predicted octanol–water partition coefficient (Wildman–Crippen LogP) is 1.19. The highest BCUT2D eigenvalue weighted by atomic mass is 16.2. The minimum Gasteiger partial charge on any atom is -0.277 e. The van der Waals surface area contributed by atoms with Crippen LogP contribution in [0.5, 0.6) is 0 Å². The Labute approximate surface area is 136 Å². The van der Waals surface area contributed by atoms with Gasteiger partial charge in [-0.2, -0.15) is 0 Å². The summed E-state index contributed by atoms with van der Waals surface area (Å²) in [6.07, 6.45) is 0.634. The van der Waals surface area contributed by atoms with Gasteiger partial charge in [0.1, 0.15) is 0 Å². The molecule has 3 fully saturated rings. The summed E-state index contributed by atoms with van der Waals surface area (Å²) >= 11 is 0. The molecule has 2 heterocycles. The van der Waals surface area contributed by atoms with E-state index in [1.807, 2.05) is 20.8 Å². The summed E-state index contributed by atoms with van der Waals surface area (Å²) in [5, 5.41) is 0. The van der Waals surface area contributed by atoms with E-state index in [-0.39, 0.29) is 23.6 Å². The number of carbonyl (C=O) groups excluding carboxylic acids is 4. The number of amides is 4. The smallest absolute Gasteiger partial charge is 0.234 e. The lowest BCUT2D eigenvalue weighted by Crippen LogP contribution is -2.50. The Morgan fingerprint density at radius 2 is 1.00 bits per heavy atom. The van der Waals surface area contributed by atoms with Crippen LogP contribution in [0.25, 0.3) is 0 Å². The first kappa shape index (κ1) is 16.1. The van der Waals surface area contributed by atoms with Crippen LogP contribution in [-0.4, -0.2) is 44.5 Å². The summed E-state index contributed by atoms with van der Waals surface area (Å²) in [7, 11) is 0. The molecule has 0 N–H and O–H groups in total. The molecule has 1 aliphatic carbocycles. The number of likely N-dealkylation sites (tertiary alicyclic amines) is 2. The number of rotatable bonds is 2. The maximum atomic E-state index is 12.8. The van der Waals surface area contributed by atoms with Crippen LogP contribution < -0.4 is 0 Å². The summed E-state index contributed by atoms with van der Waals surface area (Å²) in [5.74, 6) is -3.78. The van der Waals surface area contributed by atoms with Crippen molar-refractivity contribution in [2.75, 3.05) is 0 Å². The van der Waals surface area contributed by atoms with Crippen molar-refractivity contribution in [3.63, 3.8) is 0 Å². The van der Waals surface area contributed by atoms with Crippen molar-refractivity contribution in [1.82, 2.24) is 9.80 Å². The van der Waals surface area contributed by atoms with Gasteiger partial charge in [-0.15, -0.1) is 0 Å². The first-order valence-corrected chi connectivity index (χ1v) is 8.21. The molecule has 126 valence electrons. The van der Waals surface area contributed by atoms with Gasteiger partial charge in [-0.25, -0.2) is 0 Å². The molecule has 2 saturated heterocycles. The summed E-state index contributed by atoms with van der Waals surface area (Å²) in [6.45, 7) is 11.0. The van der Waals surface area contributed by atoms with Crippen LogP contribution in [-0.2, 0) is 19.2 Å². The monoisotopic (exact) mass is 320 g/mol. The predicted molar refractivity (Wildman–Crippen MR) is 81.8 cm³/mol. The van der Waals surface area contributed by atoms with Gasteiger partial charge in [-0.1, -0.05) is 6.92 Å². The highest BCUT2D eigenvalue weighted by Gasteiger charge is 2.74. The highest BCUT2D eigenvalue weighted by molar-refractivity contribution is 6.18. The molecule has 4 unspecified atom stereocenters. The number of nitrogens with zero attached hydrogens (tertiary/aromatic N) is 2. The fraction of sp³-hybridized carbons (Fsp3) is 0.765. The third-order valence-corrected chi connectivity index (χ3v) is 5.71. The van der Waals surface area contributed by atoms with E-state index in [1.54, 1.807) is 20.8 Å². The molecule has 4 atom stereocenters. The Bertz CT molecular complexity index is 591. The molecule has 0 aromatic carbocycles. The Kier molecular flexibility index (Phi) is 3.11. The average Bonchev–Trinajstić information content (AvgIpc) is 2.67. The van der Waals surface area contributed by atoms with Crippen LogP contribution in [0.15, 0.2) is 0 Å². The molecule has 0 aromatic heterocycles. The molecule has 3 rings (SSSR count). The fourth-order valence-electron chi connectivity index (χ4n) is 4.21. The molecule has 0 radical (unpaired) electrons. The second kappa shape index (κ2) is 4.42. The van der Waals surface area contributed by atoms with Crippen molar-refractivity contribution in [2.24, 2.45) is 23.7 Å². The fourth-order valence-corrected chi connectivity index (χ4v) is 4.21. The second-order valence-corrected chi connectivity index (χ2v) is 8.46. The van der Waals surface area contributed by atoms with Gasteiger partial charge in [0.25, 0.3) is 0 Å². The first-order chi connectivity index (χ1) is 10.4. The normalized spacial score (nSPS) is 34.0. The van der Waals surface area contributed by atoms with Gasteiger partial charge in [0.2, 0.25) is 23.6 Å².